The molecule has 2 aromatic carbocycles. The van der Waals surface area contributed by atoms with Crippen LogP contribution in [0.4, 0.5) is 0 Å². The van der Waals surface area contributed by atoms with Crippen LogP contribution in [-0.2, 0) is 13.6 Å². The lowest BCUT2D eigenvalue weighted by atomic mass is 10.2. The Balaban J connectivity index is 2.35. The van der Waals surface area contributed by atoms with Gasteiger partial charge in [-0.25, -0.2) is 0 Å². The number of hydrogen-bond acceptors (Lipinski definition) is 4. The highest BCUT2D eigenvalue weighted by molar-refractivity contribution is 7.54. The van der Waals surface area contributed by atoms with Crippen LogP contribution in [0.3, 0.4) is 0 Å². The molecule has 0 radical (unpaired) electrons. The zero-order chi connectivity index (χ0) is 18.8. The van der Waals surface area contributed by atoms with Gasteiger partial charge in [0.15, 0.2) is 5.78 Å². The monoisotopic (exact) mass is 375 g/mol. The molecular formula is C20H26NO4P. The topological polar surface area (TPSA) is 64.6 Å². The second kappa shape index (κ2) is 10.3. The number of rotatable bonds is 10. The van der Waals surface area contributed by atoms with E-state index in [1.807, 2.05) is 50.2 Å². The van der Waals surface area contributed by atoms with Crippen LogP contribution in [0.2, 0.25) is 0 Å². The molecule has 0 aliphatic heterocycles. The molecule has 0 aliphatic rings. The third-order valence-electron chi connectivity index (χ3n) is 3.69. The second-order valence-electron chi connectivity index (χ2n) is 5.86. The normalized spacial score (nSPS) is 12.5. The Morgan fingerprint density at radius 1 is 0.923 bits per heavy atom. The molecule has 6 heteroatoms. The Morgan fingerprint density at radius 2 is 1.42 bits per heavy atom. The largest absolute Gasteiger partial charge is 0.357 e. The number of benzene rings is 2. The van der Waals surface area contributed by atoms with E-state index in [1.54, 1.807) is 24.3 Å². The molecule has 0 heterocycles. The summed E-state index contributed by atoms with van der Waals surface area (Å²) in [5, 5.41) is 2.86. The highest BCUT2D eigenvalue weighted by Gasteiger charge is 2.38. The summed E-state index contributed by atoms with van der Waals surface area (Å²) in [6, 6.07) is 18.0. The minimum Gasteiger partial charge on any atom is -0.334 e. The molecule has 1 unspecified atom stereocenters. The molecule has 0 bridgehead atoms. The minimum absolute atomic E-state index is 0.297. The van der Waals surface area contributed by atoms with Crippen molar-refractivity contribution in [3.8, 4) is 0 Å². The van der Waals surface area contributed by atoms with Gasteiger partial charge in [0.05, 0.1) is 13.2 Å². The Labute approximate surface area is 155 Å². The maximum absolute atomic E-state index is 13.5. The molecule has 1 amide bonds. The molecular weight excluding hydrogens is 349 g/mol. The first kappa shape index (κ1) is 20.4. The number of hydrogen-bond donors (Lipinski definition) is 1. The van der Waals surface area contributed by atoms with Crippen molar-refractivity contribution < 1.29 is 18.4 Å². The Hall–Kier alpha value is -1.94. The number of nitrogens with one attached hydrogen (secondary N) is 1. The summed E-state index contributed by atoms with van der Waals surface area (Å²) >= 11 is 0. The molecule has 1 N–H and O–H groups in total. The summed E-state index contributed by atoms with van der Waals surface area (Å²) < 4.78 is 24.8. The van der Waals surface area contributed by atoms with Crippen LogP contribution in [0.15, 0.2) is 60.7 Å². The standard InChI is InChI=1S/C20H26NO4P/c1-3-15-24-26(23,25-16-4-2)20(18-13-9-6-10-14-18)21-19(22)17-11-7-5-8-12-17/h5-14,20H,3-4,15-16H2,1-2H3,(H,21,22). The Kier molecular flexibility index (Phi) is 8.05. The Bertz CT molecular complexity index is 709. The van der Waals surface area contributed by atoms with Crippen LogP contribution >= 0.6 is 7.60 Å². The van der Waals surface area contributed by atoms with Crippen molar-refractivity contribution in [1.82, 2.24) is 5.32 Å². The van der Waals surface area contributed by atoms with Gasteiger partial charge >= 0.3 is 7.60 Å². The highest BCUT2D eigenvalue weighted by atomic mass is 31.2. The molecule has 2 aromatic rings. The molecule has 0 saturated heterocycles. The van der Waals surface area contributed by atoms with Crippen molar-refractivity contribution in [3.63, 3.8) is 0 Å². The average Bonchev–Trinajstić information content (AvgIpc) is 2.70. The summed E-state index contributed by atoms with van der Waals surface area (Å²) in [7, 11) is -3.59. The van der Waals surface area contributed by atoms with E-state index < -0.39 is 13.4 Å². The van der Waals surface area contributed by atoms with E-state index in [2.05, 4.69) is 5.32 Å². The predicted octanol–water partition coefficient (Wildman–Crippen LogP) is 5.16. The summed E-state index contributed by atoms with van der Waals surface area (Å²) in [4.78, 5) is 12.7. The van der Waals surface area contributed by atoms with Crippen molar-refractivity contribution in [2.75, 3.05) is 13.2 Å². The van der Waals surface area contributed by atoms with E-state index >= 15 is 0 Å². The van der Waals surface area contributed by atoms with Gasteiger partial charge in [-0.05, 0) is 30.5 Å². The fourth-order valence-electron chi connectivity index (χ4n) is 2.40. The van der Waals surface area contributed by atoms with Crippen LogP contribution in [0.5, 0.6) is 0 Å². The van der Waals surface area contributed by atoms with Gasteiger partial charge in [-0.1, -0.05) is 62.4 Å². The van der Waals surface area contributed by atoms with Crippen molar-refractivity contribution in [2.45, 2.75) is 32.5 Å². The molecule has 0 aliphatic carbocycles. The minimum atomic E-state index is -3.59. The molecule has 26 heavy (non-hydrogen) atoms. The molecule has 0 spiro atoms. The summed E-state index contributed by atoms with van der Waals surface area (Å²) in [5.74, 6) is -1.19. The molecule has 1 atom stereocenters. The fourth-order valence-corrected chi connectivity index (χ4v) is 4.46. The highest BCUT2D eigenvalue weighted by Crippen LogP contribution is 2.59. The predicted molar refractivity (Wildman–Crippen MR) is 103 cm³/mol. The first-order chi connectivity index (χ1) is 12.6. The third kappa shape index (κ3) is 5.53. The fraction of sp³-hybridized carbons (Fsp3) is 0.350. The molecule has 2 rings (SSSR count). The van der Waals surface area contributed by atoms with Gasteiger partial charge in [0, 0.05) is 5.56 Å². The van der Waals surface area contributed by atoms with Crippen LogP contribution in [0.1, 0.15) is 48.4 Å². The lowest BCUT2D eigenvalue weighted by molar-refractivity contribution is 0.0936. The smallest absolute Gasteiger partial charge is 0.334 e. The number of carbonyl (C=O) groups is 1. The van der Waals surface area contributed by atoms with Gasteiger partial charge in [-0.2, -0.15) is 0 Å². The Morgan fingerprint density at radius 3 is 1.92 bits per heavy atom. The number of amides is 1. The van der Waals surface area contributed by atoms with E-state index in [0.717, 1.165) is 0 Å². The van der Waals surface area contributed by atoms with Gasteiger partial charge < -0.3 is 14.4 Å². The number of carbonyl (C=O) groups excluding carboxylic acids is 1. The second-order valence-corrected chi connectivity index (χ2v) is 7.97. The van der Waals surface area contributed by atoms with E-state index in [4.69, 9.17) is 9.05 Å². The lowest BCUT2D eigenvalue weighted by Crippen LogP contribution is -2.30. The van der Waals surface area contributed by atoms with Crippen molar-refractivity contribution in [3.05, 3.63) is 71.8 Å². The summed E-state index contributed by atoms with van der Waals surface area (Å²) in [6.45, 7) is 4.46. The maximum atomic E-state index is 13.5. The molecule has 0 fully saturated rings. The SMILES string of the molecule is CCCOP(=O)(OCCC)C(NC(=O)c1ccccc1)c1ccccc1. The van der Waals surface area contributed by atoms with Crippen molar-refractivity contribution >= 4 is 13.5 Å². The van der Waals surface area contributed by atoms with Crippen LogP contribution in [0, 0.1) is 0 Å². The van der Waals surface area contributed by atoms with Crippen LogP contribution < -0.4 is 5.32 Å². The summed E-state index contributed by atoms with van der Waals surface area (Å²) in [5.41, 5.74) is 1.18. The van der Waals surface area contributed by atoms with Gasteiger partial charge in [-0.3, -0.25) is 9.36 Å². The van der Waals surface area contributed by atoms with Gasteiger partial charge in [0.25, 0.3) is 5.91 Å². The van der Waals surface area contributed by atoms with Crippen LogP contribution in [-0.4, -0.2) is 19.1 Å². The van der Waals surface area contributed by atoms with Gasteiger partial charge in [0.2, 0.25) is 0 Å². The molecule has 0 aromatic heterocycles. The van der Waals surface area contributed by atoms with Crippen LogP contribution in [0.25, 0.3) is 0 Å². The average molecular weight is 375 g/mol. The lowest BCUT2D eigenvalue weighted by Gasteiger charge is -2.28. The quantitative estimate of drug-likeness (QED) is 0.583. The van der Waals surface area contributed by atoms with E-state index in [0.29, 0.717) is 37.2 Å². The molecule has 0 saturated carbocycles. The van der Waals surface area contributed by atoms with E-state index in [1.165, 1.54) is 0 Å². The molecule has 140 valence electrons. The maximum Gasteiger partial charge on any atom is 0.357 e. The first-order valence-corrected chi connectivity index (χ1v) is 10.5. The van der Waals surface area contributed by atoms with Gasteiger partial charge in [-0.15, -0.1) is 0 Å². The van der Waals surface area contributed by atoms with Gasteiger partial charge in [0.1, 0.15) is 0 Å². The first-order valence-electron chi connectivity index (χ1n) is 8.90. The summed E-state index contributed by atoms with van der Waals surface area (Å²) in [6.07, 6.45) is 1.40. The third-order valence-corrected chi connectivity index (χ3v) is 5.83. The zero-order valence-corrected chi connectivity index (χ0v) is 16.2. The zero-order valence-electron chi connectivity index (χ0n) is 15.3. The molecule has 5 nitrogen and oxygen atoms in total. The van der Waals surface area contributed by atoms with E-state index in [-0.39, 0.29) is 5.91 Å². The van der Waals surface area contributed by atoms with Crippen molar-refractivity contribution in [2.24, 2.45) is 0 Å². The van der Waals surface area contributed by atoms with Crippen molar-refractivity contribution in [1.29, 1.82) is 0 Å². The van der Waals surface area contributed by atoms with E-state index in [9.17, 15) is 9.36 Å².